The monoisotopic (exact) mass is 327 g/mol. The highest BCUT2D eigenvalue weighted by atomic mass is 16.1. The third kappa shape index (κ3) is 3.08. The van der Waals surface area contributed by atoms with Gasteiger partial charge in [0, 0.05) is 22.6 Å². The predicted molar refractivity (Wildman–Crippen MR) is 103 cm³/mol. The summed E-state index contributed by atoms with van der Waals surface area (Å²) in [6.07, 6.45) is 4.48. The molecule has 0 atom stereocenters. The molecule has 2 heteroatoms. The molecular formula is C23H21NO. The van der Waals surface area contributed by atoms with Crippen molar-refractivity contribution in [3.8, 4) is 0 Å². The van der Waals surface area contributed by atoms with Crippen molar-refractivity contribution in [2.75, 3.05) is 4.90 Å². The predicted octanol–water partition coefficient (Wildman–Crippen LogP) is 5.77. The number of hydrogen-bond donors (Lipinski definition) is 0. The van der Waals surface area contributed by atoms with Gasteiger partial charge in [-0.25, -0.2) is 0 Å². The zero-order valence-corrected chi connectivity index (χ0v) is 14.4. The van der Waals surface area contributed by atoms with Crippen LogP contribution in [0.2, 0.25) is 0 Å². The molecule has 1 aliphatic carbocycles. The SMILES string of the molecule is Cc1ccc(N(c2ccc(C=O)cc2)c2ccc3c(c2)CCC3)cc1. The van der Waals surface area contributed by atoms with Gasteiger partial charge in [0.2, 0.25) is 0 Å². The van der Waals surface area contributed by atoms with Crippen molar-refractivity contribution in [1.29, 1.82) is 0 Å². The van der Waals surface area contributed by atoms with Gasteiger partial charge in [-0.2, -0.15) is 0 Å². The summed E-state index contributed by atoms with van der Waals surface area (Å²) in [6.45, 7) is 2.10. The van der Waals surface area contributed by atoms with Crippen molar-refractivity contribution >= 4 is 23.3 Å². The molecule has 0 bridgehead atoms. The summed E-state index contributed by atoms with van der Waals surface area (Å²) in [5.41, 5.74) is 8.23. The second-order valence-corrected chi connectivity index (χ2v) is 6.69. The molecule has 3 aromatic rings. The number of carbonyl (C=O) groups excluding carboxylic acids is 1. The van der Waals surface area contributed by atoms with Gasteiger partial charge in [0.05, 0.1) is 0 Å². The van der Waals surface area contributed by atoms with Gasteiger partial charge in [-0.1, -0.05) is 23.8 Å². The largest absolute Gasteiger partial charge is 0.310 e. The number of carbonyl (C=O) groups is 1. The number of nitrogens with zero attached hydrogens (tertiary/aromatic N) is 1. The van der Waals surface area contributed by atoms with Crippen molar-refractivity contribution in [3.63, 3.8) is 0 Å². The average molecular weight is 327 g/mol. The van der Waals surface area contributed by atoms with Crippen LogP contribution in [0, 0.1) is 6.92 Å². The van der Waals surface area contributed by atoms with Crippen LogP contribution < -0.4 is 4.90 Å². The van der Waals surface area contributed by atoms with Gasteiger partial charge in [-0.05, 0) is 85.8 Å². The molecule has 0 spiro atoms. The molecule has 0 saturated heterocycles. The van der Waals surface area contributed by atoms with Gasteiger partial charge in [0.1, 0.15) is 6.29 Å². The quantitative estimate of drug-likeness (QED) is 0.567. The maximum atomic E-state index is 11.0. The third-order valence-corrected chi connectivity index (χ3v) is 4.92. The first-order valence-electron chi connectivity index (χ1n) is 8.78. The van der Waals surface area contributed by atoms with Gasteiger partial charge in [-0.3, -0.25) is 4.79 Å². The standard InChI is InChI=1S/C23H21NO/c1-17-5-10-21(11-6-17)24(22-12-7-18(16-25)8-13-22)23-14-9-19-3-2-4-20(19)15-23/h5-16H,2-4H2,1H3. The van der Waals surface area contributed by atoms with Crippen molar-refractivity contribution in [1.82, 2.24) is 0 Å². The van der Waals surface area contributed by atoms with Crippen LogP contribution in [0.5, 0.6) is 0 Å². The molecule has 25 heavy (non-hydrogen) atoms. The van der Waals surface area contributed by atoms with Crippen LogP contribution in [0.4, 0.5) is 17.1 Å². The lowest BCUT2D eigenvalue weighted by Crippen LogP contribution is -2.10. The van der Waals surface area contributed by atoms with Crippen LogP contribution in [0.3, 0.4) is 0 Å². The van der Waals surface area contributed by atoms with E-state index in [1.165, 1.54) is 35.2 Å². The summed E-state index contributed by atoms with van der Waals surface area (Å²) in [6, 6.07) is 23.1. The van der Waals surface area contributed by atoms with Crippen LogP contribution >= 0.6 is 0 Å². The van der Waals surface area contributed by atoms with Gasteiger partial charge in [0.15, 0.2) is 0 Å². The van der Waals surface area contributed by atoms with Gasteiger partial charge in [-0.15, -0.1) is 0 Å². The number of benzene rings is 3. The Morgan fingerprint density at radius 1 is 0.760 bits per heavy atom. The molecule has 0 aliphatic heterocycles. The van der Waals surface area contributed by atoms with Crippen molar-refractivity contribution in [2.45, 2.75) is 26.2 Å². The van der Waals surface area contributed by atoms with Gasteiger partial charge in [0.25, 0.3) is 0 Å². The summed E-state index contributed by atoms with van der Waals surface area (Å²) in [5, 5.41) is 0. The highest BCUT2D eigenvalue weighted by Crippen LogP contribution is 2.37. The molecule has 2 nitrogen and oxygen atoms in total. The van der Waals surface area contributed by atoms with Crippen molar-refractivity contribution in [3.05, 3.63) is 89.0 Å². The maximum Gasteiger partial charge on any atom is 0.150 e. The molecule has 1 aliphatic rings. The minimum absolute atomic E-state index is 0.696. The number of rotatable bonds is 4. The first-order chi connectivity index (χ1) is 12.2. The van der Waals surface area contributed by atoms with Crippen molar-refractivity contribution < 1.29 is 4.79 Å². The Bertz CT molecular complexity index is 894. The molecule has 0 fully saturated rings. The van der Waals surface area contributed by atoms with E-state index in [1.807, 2.05) is 24.3 Å². The number of fused-ring (bicyclic) bond motifs is 1. The lowest BCUT2D eigenvalue weighted by atomic mass is 10.1. The fourth-order valence-electron chi connectivity index (χ4n) is 3.54. The van der Waals surface area contributed by atoms with Gasteiger partial charge < -0.3 is 4.90 Å². The van der Waals surface area contributed by atoms with E-state index in [9.17, 15) is 4.79 Å². The van der Waals surface area contributed by atoms with Gasteiger partial charge >= 0.3 is 0 Å². The number of aldehydes is 1. The summed E-state index contributed by atoms with van der Waals surface area (Å²) in [7, 11) is 0. The second kappa shape index (κ2) is 6.56. The first-order valence-corrected chi connectivity index (χ1v) is 8.78. The van der Waals surface area contributed by atoms with E-state index in [1.54, 1.807) is 0 Å². The molecule has 0 saturated carbocycles. The van der Waals surface area contributed by atoms with E-state index in [4.69, 9.17) is 0 Å². The molecule has 124 valence electrons. The minimum atomic E-state index is 0.696. The summed E-state index contributed by atoms with van der Waals surface area (Å²) in [5.74, 6) is 0. The van der Waals surface area contributed by atoms with E-state index in [0.717, 1.165) is 24.1 Å². The number of aryl methyl sites for hydroxylation is 3. The van der Waals surface area contributed by atoms with E-state index in [2.05, 4.69) is 54.3 Å². The van der Waals surface area contributed by atoms with E-state index < -0.39 is 0 Å². The second-order valence-electron chi connectivity index (χ2n) is 6.69. The Morgan fingerprint density at radius 2 is 1.36 bits per heavy atom. The Hall–Kier alpha value is -2.87. The third-order valence-electron chi connectivity index (χ3n) is 4.92. The van der Waals surface area contributed by atoms with Crippen LogP contribution in [0.15, 0.2) is 66.7 Å². The summed E-state index contributed by atoms with van der Waals surface area (Å²) in [4.78, 5) is 13.2. The fourth-order valence-corrected chi connectivity index (χ4v) is 3.54. The molecule has 4 rings (SSSR count). The van der Waals surface area contributed by atoms with Crippen LogP contribution in [0.1, 0.15) is 33.5 Å². The van der Waals surface area contributed by atoms with Crippen molar-refractivity contribution in [2.24, 2.45) is 0 Å². The minimum Gasteiger partial charge on any atom is -0.310 e. The van der Waals surface area contributed by atoms with Crippen LogP contribution in [-0.4, -0.2) is 6.29 Å². The smallest absolute Gasteiger partial charge is 0.150 e. The fraction of sp³-hybridized carbons (Fsp3) is 0.174. The van der Waals surface area contributed by atoms with E-state index in [0.29, 0.717) is 5.56 Å². The Balaban J connectivity index is 1.82. The molecule has 0 N–H and O–H groups in total. The normalized spacial score (nSPS) is 12.7. The molecule has 0 aromatic heterocycles. The molecular weight excluding hydrogens is 306 g/mol. The maximum absolute atomic E-state index is 11.0. The molecule has 0 unspecified atom stereocenters. The Kier molecular flexibility index (Phi) is 4.10. The average Bonchev–Trinajstić information content (AvgIpc) is 3.12. The Labute approximate surface area is 148 Å². The number of anilines is 3. The molecule has 0 radical (unpaired) electrons. The molecule has 3 aromatic carbocycles. The lowest BCUT2D eigenvalue weighted by molar-refractivity contribution is 0.112. The zero-order chi connectivity index (χ0) is 17.2. The Morgan fingerprint density at radius 3 is 2.04 bits per heavy atom. The highest BCUT2D eigenvalue weighted by molar-refractivity contribution is 5.80. The molecule has 0 amide bonds. The highest BCUT2D eigenvalue weighted by Gasteiger charge is 2.16. The topological polar surface area (TPSA) is 20.3 Å². The van der Waals surface area contributed by atoms with E-state index >= 15 is 0 Å². The molecule has 0 heterocycles. The zero-order valence-electron chi connectivity index (χ0n) is 14.4. The van der Waals surface area contributed by atoms with Crippen LogP contribution in [0.25, 0.3) is 0 Å². The number of hydrogen-bond acceptors (Lipinski definition) is 2. The summed E-state index contributed by atoms with van der Waals surface area (Å²) < 4.78 is 0. The van der Waals surface area contributed by atoms with Crippen LogP contribution in [-0.2, 0) is 12.8 Å². The van der Waals surface area contributed by atoms with E-state index in [-0.39, 0.29) is 0 Å². The lowest BCUT2D eigenvalue weighted by Gasteiger charge is -2.26. The first kappa shape index (κ1) is 15.6. The summed E-state index contributed by atoms with van der Waals surface area (Å²) >= 11 is 0.